The van der Waals surface area contributed by atoms with E-state index in [9.17, 15) is 0 Å². The molecule has 1 rings (SSSR count). The molecule has 0 aromatic rings. The summed E-state index contributed by atoms with van der Waals surface area (Å²) >= 11 is -1.47. The van der Waals surface area contributed by atoms with Crippen LogP contribution < -0.4 is 0 Å². The Kier molecular flexibility index (Phi) is 4.19. The summed E-state index contributed by atoms with van der Waals surface area (Å²) in [5, 5.41) is 0. The first-order valence-corrected chi connectivity index (χ1v) is 7.76. The van der Waals surface area contributed by atoms with Crippen LogP contribution in [0.1, 0.15) is 0 Å². The average molecular weight is 280 g/mol. The molecule has 0 fully saturated rings. The zero-order valence-corrected chi connectivity index (χ0v) is 8.68. The van der Waals surface area contributed by atoms with Crippen LogP contribution in [0, 0.1) is 0 Å². The molecule has 0 saturated carbocycles. The van der Waals surface area contributed by atoms with Crippen LogP contribution in [0.15, 0.2) is 46.6 Å². The normalized spacial score (nSPS) is 17.3. The third-order valence-electron chi connectivity index (χ3n) is 1.07. The van der Waals surface area contributed by atoms with E-state index in [0.717, 1.165) is 4.05 Å². The summed E-state index contributed by atoms with van der Waals surface area (Å²) in [6.07, 6.45) is 13.6. The number of hydrogen-bond donors (Lipinski definition) is 0. The van der Waals surface area contributed by atoms with Gasteiger partial charge in [-0.25, -0.2) is 0 Å². The first-order chi connectivity index (χ1) is 5.30. The first-order valence-electron chi connectivity index (χ1n) is 2.97. The summed E-state index contributed by atoms with van der Waals surface area (Å²) in [6, 6.07) is 0. The fourth-order valence-corrected chi connectivity index (χ4v) is 2.24. The Labute approximate surface area is 80.1 Å². The van der Waals surface area contributed by atoms with E-state index in [1.165, 1.54) is 0 Å². The van der Waals surface area contributed by atoms with Gasteiger partial charge < -0.3 is 0 Å². The second-order valence-corrected chi connectivity index (χ2v) is 7.07. The van der Waals surface area contributed by atoms with Gasteiger partial charge in [-0.15, -0.1) is 0 Å². The van der Waals surface area contributed by atoms with Crippen molar-refractivity contribution in [2.24, 2.45) is 0 Å². The fraction of sp³-hybridized carbons (Fsp3) is 0. The molecule has 3 heteroatoms. The molecule has 0 spiro atoms. The van der Waals surface area contributed by atoms with Crippen molar-refractivity contribution in [3.63, 3.8) is 0 Å². The van der Waals surface area contributed by atoms with Crippen LogP contribution in [-0.2, 0) is 14.7 Å². The Hall–Kier alpha value is 0.202. The van der Waals surface area contributed by atoms with Crippen molar-refractivity contribution in [2.75, 3.05) is 0 Å². The van der Waals surface area contributed by atoms with Crippen LogP contribution in [0.2, 0.25) is 0 Å². The van der Waals surface area contributed by atoms with Crippen LogP contribution >= 0.6 is 19.1 Å². The van der Waals surface area contributed by atoms with Crippen LogP contribution in [0.5, 0.6) is 0 Å². The summed E-state index contributed by atoms with van der Waals surface area (Å²) in [6.45, 7) is 0. The monoisotopic (exact) mass is 279 g/mol. The Balaban J connectivity index is 2.78. The molecule has 0 saturated heterocycles. The van der Waals surface area contributed by atoms with E-state index >= 15 is 0 Å². The van der Waals surface area contributed by atoms with Crippen LogP contribution in [-0.4, -0.2) is 0 Å². The molecule has 0 radical (unpaired) electrons. The van der Waals surface area contributed by atoms with Crippen molar-refractivity contribution in [3.8, 4) is 0 Å². The van der Waals surface area contributed by atoms with Crippen molar-refractivity contribution in [3.05, 3.63) is 46.6 Å². The minimum absolute atomic E-state index is 1.03. The molecule has 0 heterocycles. The predicted octanol–water partition coefficient (Wildman–Crippen LogP) is 3.48. The Morgan fingerprint density at radius 2 is 1.55 bits per heavy atom. The van der Waals surface area contributed by atoms with Gasteiger partial charge in [-0.3, -0.25) is 0 Å². The molecule has 0 unspecified atom stereocenters. The maximum absolute atomic E-state index is 5.79. The predicted molar refractivity (Wildman–Crippen MR) is 47.2 cm³/mol. The van der Waals surface area contributed by atoms with Crippen LogP contribution in [0.3, 0.4) is 0 Å². The summed E-state index contributed by atoms with van der Waals surface area (Å²) in [5.41, 5.74) is 0. The molecule has 0 atom stereocenters. The van der Waals surface area contributed by atoms with E-state index in [1.54, 1.807) is 0 Å². The van der Waals surface area contributed by atoms with Gasteiger partial charge in [0.1, 0.15) is 0 Å². The summed E-state index contributed by atoms with van der Waals surface area (Å²) < 4.78 is 1.03. The SMILES string of the molecule is [Cl][Pd]([Cl])[C]1=CC=CC=CC=C1. The summed E-state index contributed by atoms with van der Waals surface area (Å²) in [4.78, 5) is 0. The van der Waals surface area contributed by atoms with Gasteiger partial charge in [-0.05, 0) is 0 Å². The summed E-state index contributed by atoms with van der Waals surface area (Å²) in [5.74, 6) is 0. The average Bonchev–Trinajstić information content (AvgIpc) is 1.84. The molecule has 0 nitrogen and oxygen atoms in total. The molecular weight excluding hydrogens is 273 g/mol. The van der Waals surface area contributed by atoms with E-state index in [4.69, 9.17) is 19.1 Å². The quantitative estimate of drug-likeness (QED) is 0.645. The molecule has 0 aromatic heterocycles. The first kappa shape index (κ1) is 9.29. The Morgan fingerprint density at radius 1 is 0.909 bits per heavy atom. The molecule has 0 aromatic carbocycles. The fourth-order valence-electron chi connectivity index (χ4n) is 0.611. The third kappa shape index (κ3) is 3.40. The van der Waals surface area contributed by atoms with Crippen molar-refractivity contribution in [1.82, 2.24) is 0 Å². The third-order valence-corrected chi connectivity index (χ3v) is 3.90. The standard InChI is InChI=1S/C8H7.2ClH.Pd/c1-2-4-6-8-7-5-3-1;;;/h1-7H;2*1H;/q;;;+2/p-2. The second-order valence-electron chi connectivity index (χ2n) is 1.81. The number of allylic oxidation sites excluding steroid dienone is 8. The van der Waals surface area contributed by atoms with Gasteiger partial charge in [0.05, 0.1) is 0 Å². The molecule has 0 amide bonds. The molecule has 0 aliphatic heterocycles. The second kappa shape index (κ2) is 4.96. The van der Waals surface area contributed by atoms with Gasteiger partial charge in [-0.2, -0.15) is 0 Å². The molecule has 0 bridgehead atoms. The van der Waals surface area contributed by atoms with Gasteiger partial charge >= 0.3 is 80.4 Å². The van der Waals surface area contributed by atoms with Crippen LogP contribution in [0.4, 0.5) is 0 Å². The number of rotatable bonds is 1. The molecule has 11 heavy (non-hydrogen) atoms. The number of hydrogen-bond acceptors (Lipinski definition) is 0. The van der Waals surface area contributed by atoms with E-state index in [-0.39, 0.29) is 0 Å². The summed E-state index contributed by atoms with van der Waals surface area (Å²) in [7, 11) is 11.6. The van der Waals surface area contributed by atoms with E-state index in [1.807, 2.05) is 42.5 Å². The van der Waals surface area contributed by atoms with Crippen molar-refractivity contribution >= 4 is 19.1 Å². The molecular formula is C8H7Cl2Pd. The molecule has 1 aliphatic carbocycles. The topological polar surface area (TPSA) is 0 Å². The van der Waals surface area contributed by atoms with Gasteiger partial charge in [0.15, 0.2) is 0 Å². The van der Waals surface area contributed by atoms with Crippen LogP contribution in [0.25, 0.3) is 0 Å². The van der Waals surface area contributed by atoms with Gasteiger partial charge in [-0.1, -0.05) is 0 Å². The zero-order valence-electron chi connectivity index (χ0n) is 5.61. The van der Waals surface area contributed by atoms with Crippen molar-refractivity contribution in [1.29, 1.82) is 0 Å². The Bertz CT molecular complexity index is 236. The van der Waals surface area contributed by atoms with E-state index in [2.05, 4.69) is 0 Å². The van der Waals surface area contributed by atoms with Crippen molar-refractivity contribution in [2.45, 2.75) is 0 Å². The minimum atomic E-state index is -1.47. The Morgan fingerprint density at radius 3 is 2.27 bits per heavy atom. The molecule has 63 valence electrons. The van der Waals surface area contributed by atoms with Crippen molar-refractivity contribution < 1.29 is 14.7 Å². The molecule has 0 N–H and O–H groups in total. The zero-order chi connectivity index (χ0) is 8.10. The van der Waals surface area contributed by atoms with Gasteiger partial charge in [0.25, 0.3) is 0 Å². The van der Waals surface area contributed by atoms with Gasteiger partial charge in [0.2, 0.25) is 0 Å². The molecule has 1 aliphatic rings. The van der Waals surface area contributed by atoms with Gasteiger partial charge in [0, 0.05) is 0 Å². The number of halogens is 2. The van der Waals surface area contributed by atoms with E-state index < -0.39 is 14.7 Å². The van der Waals surface area contributed by atoms with E-state index in [0.29, 0.717) is 0 Å². The maximum atomic E-state index is 5.79.